The first kappa shape index (κ1) is 16.9. The van der Waals surface area contributed by atoms with Crippen LogP contribution >= 0.6 is 0 Å². The fraction of sp³-hybridized carbons (Fsp3) is 0.389. The van der Waals surface area contributed by atoms with Gasteiger partial charge in [-0.1, -0.05) is 31.5 Å². The van der Waals surface area contributed by atoms with E-state index in [1.807, 2.05) is 32.0 Å². The summed E-state index contributed by atoms with van der Waals surface area (Å²) in [6.45, 7) is 6.93. The monoisotopic (exact) mass is 312 g/mol. The molecule has 122 valence electrons. The van der Waals surface area contributed by atoms with Crippen LogP contribution in [0, 0.1) is 13.8 Å². The molecule has 5 nitrogen and oxygen atoms in total. The number of hydrogen-bond acceptors (Lipinski definition) is 4. The van der Waals surface area contributed by atoms with Gasteiger partial charge in [0.25, 0.3) is 5.91 Å². The van der Waals surface area contributed by atoms with Gasteiger partial charge in [0.2, 0.25) is 0 Å². The molecule has 0 unspecified atom stereocenters. The number of rotatable bonds is 6. The molecule has 0 aliphatic rings. The summed E-state index contributed by atoms with van der Waals surface area (Å²) >= 11 is 0. The molecule has 2 rings (SSSR count). The van der Waals surface area contributed by atoms with Gasteiger partial charge in [-0.25, -0.2) is 9.97 Å². The number of nitrogens with zero attached hydrogens (tertiary/aromatic N) is 3. The minimum atomic E-state index is -0.0783. The molecule has 5 heteroatoms. The quantitative estimate of drug-likeness (QED) is 0.883. The molecule has 1 N–H and O–H groups in total. The lowest BCUT2D eigenvalue weighted by Crippen LogP contribution is -2.28. The molecule has 1 aromatic carbocycles. The van der Waals surface area contributed by atoms with Gasteiger partial charge in [0, 0.05) is 25.3 Å². The highest BCUT2D eigenvalue weighted by Gasteiger charge is 2.14. The van der Waals surface area contributed by atoms with Crippen LogP contribution in [-0.2, 0) is 0 Å². The Morgan fingerprint density at radius 2 is 1.91 bits per heavy atom. The van der Waals surface area contributed by atoms with Gasteiger partial charge in [-0.15, -0.1) is 0 Å². The summed E-state index contributed by atoms with van der Waals surface area (Å²) in [5.74, 6) is 0.551. The van der Waals surface area contributed by atoms with Gasteiger partial charge in [-0.05, 0) is 31.4 Å². The van der Waals surface area contributed by atoms with Crippen LogP contribution in [-0.4, -0.2) is 34.4 Å². The van der Waals surface area contributed by atoms with Crippen molar-refractivity contribution in [3.05, 3.63) is 47.4 Å². The Kier molecular flexibility index (Phi) is 5.68. The zero-order valence-electron chi connectivity index (χ0n) is 14.3. The van der Waals surface area contributed by atoms with Gasteiger partial charge in [-0.3, -0.25) is 4.79 Å². The molecule has 1 heterocycles. The van der Waals surface area contributed by atoms with Crippen LogP contribution in [0.2, 0.25) is 0 Å². The Balaban J connectivity index is 2.18. The van der Waals surface area contributed by atoms with E-state index in [1.165, 1.54) is 6.33 Å². The third kappa shape index (κ3) is 4.28. The van der Waals surface area contributed by atoms with Crippen molar-refractivity contribution in [2.24, 2.45) is 0 Å². The molecule has 0 spiro atoms. The summed E-state index contributed by atoms with van der Waals surface area (Å²) in [5, 5.41) is 3.30. The topological polar surface area (TPSA) is 58.1 Å². The number of aromatic nitrogens is 2. The van der Waals surface area contributed by atoms with Gasteiger partial charge in [0.05, 0.1) is 0 Å². The smallest absolute Gasteiger partial charge is 0.272 e. The van der Waals surface area contributed by atoms with Crippen molar-refractivity contribution in [2.45, 2.75) is 33.6 Å². The maximum absolute atomic E-state index is 12.4. The van der Waals surface area contributed by atoms with Crippen molar-refractivity contribution < 1.29 is 4.79 Å². The van der Waals surface area contributed by atoms with Crippen molar-refractivity contribution in [1.29, 1.82) is 0 Å². The number of aryl methyl sites for hydroxylation is 2. The first-order valence-corrected chi connectivity index (χ1v) is 7.93. The summed E-state index contributed by atoms with van der Waals surface area (Å²) in [6, 6.07) is 7.81. The lowest BCUT2D eigenvalue weighted by molar-refractivity contribution is 0.0787. The lowest BCUT2D eigenvalue weighted by atomic mass is 10.1. The molecule has 2 aromatic rings. The third-order valence-electron chi connectivity index (χ3n) is 3.81. The van der Waals surface area contributed by atoms with Crippen LogP contribution in [0.3, 0.4) is 0 Å². The van der Waals surface area contributed by atoms with Gasteiger partial charge < -0.3 is 10.2 Å². The average molecular weight is 312 g/mol. The Labute approximate surface area is 137 Å². The molecular formula is C18H24N4O. The minimum Gasteiger partial charge on any atom is -0.340 e. The van der Waals surface area contributed by atoms with Gasteiger partial charge in [0.15, 0.2) is 0 Å². The van der Waals surface area contributed by atoms with E-state index in [2.05, 4.69) is 22.2 Å². The number of amides is 1. The van der Waals surface area contributed by atoms with Crippen LogP contribution in [0.1, 0.15) is 41.4 Å². The van der Waals surface area contributed by atoms with Crippen LogP contribution in [0.25, 0.3) is 0 Å². The maximum atomic E-state index is 12.4. The molecule has 0 saturated heterocycles. The molecular weight excluding hydrogens is 288 g/mol. The van der Waals surface area contributed by atoms with Gasteiger partial charge in [0.1, 0.15) is 17.8 Å². The first-order valence-electron chi connectivity index (χ1n) is 7.93. The fourth-order valence-electron chi connectivity index (χ4n) is 2.37. The van der Waals surface area contributed by atoms with E-state index in [9.17, 15) is 4.79 Å². The predicted molar refractivity (Wildman–Crippen MR) is 93.1 cm³/mol. The largest absolute Gasteiger partial charge is 0.340 e. The van der Waals surface area contributed by atoms with E-state index in [4.69, 9.17) is 0 Å². The maximum Gasteiger partial charge on any atom is 0.272 e. The second-order valence-corrected chi connectivity index (χ2v) is 5.76. The molecule has 0 radical (unpaired) electrons. The number of unbranched alkanes of at least 4 members (excludes halogenated alkanes) is 1. The molecule has 0 fully saturated rings. The Morgan fingerprint density at radius 1 is 1.22 bits per heavy atom. The van der Waals surface area contributed by atoms with Gasteiger partial charge >= 0.3 is 0 Å². The van der Waals surface area contributed by atoms with Crippen LogP contribution < -0.4 is 5.32 Å². The zero-order valence-corrected chi connectivity index (χ0v) is 14.3. The number of para-hydroxylation sites is 1. The first-order chi connectivity index (χ1) is 11.0. The normalized spacial score (nSPS) is 10.4. The zero-order chi connectivity index (χ0) is 16.8. The van der Waals surface area contributed by atoms with E-state index < -0.39 is 0 Å². The number of nitrogens with one attached hydrogen (secondary N) is 1. The average Bonchev–Trinajstić information content (AvgIpc) is 2.55. The van der Waals surface area contributed by atoms with Crippen LogP contribution in [0.5, 0.6) is 0 Å². The summed E-state index contributed by atoms with van der Waals surface area (Å²) in [6.07, 6.45) is 3.47. The number of benzene rings is 1. The second kappa shape index (κ2) is 7.72. The van der Waals surface area contributed by atoms with Crippen molar-refractivity contribution in [1.82, 2.24) is 14.9 Å². The molecule has 0 bridgehead atoms. The Hall–Kier alpha value is -2.43. The van der Waals surface area contributed by atoms with Crippen molar-refractivity contribution in [3.8, 4) is 0 Å². The lowest BCUT2D eigenvalue weighted by Gasteiger charge is -2.17. The fourth-order valence-corrected chi connectivity index (χ4v) is 2.37. The van der Waals surface area contributed by atoms with E-state index in [-0.39, 0.29) is 5.91 Å². The van der Waals surface area contributed by atoms with Crippen molar-refractivity contribution in [3.63, 3.8) is 0 Å². The van der Waals surface area contributed by atoms with Crippen LogP contribution in [0.15, 0.2) is 30.6 Å². The SMILES string of the molecule is CCCCN(C)C(=O)c1cc(Nc2c(C)cccc2C)ncn1. The van der Waals surface area contributed by atoms with E-state index in [0.29, 0.717) is 11.5 Å². The third-order valence-corrected chi connectivity index (χ3v) is 3.81. The summed E-state index contributed by atoms with van der Waals surface area (Å²) in [5.41, 5.74) is 3.70. The number of carbonyl (C=O) groups excluding carboxylic acids is 1. The summed E-state index contributed by atoms with van der Waals surface area (Å²) in [7, 11) is 1.80. The van der Waals surface area contributed by atoms with Crippen LogP contribution in [0.4, 0.5) is 11.5 Å². The molecule has 0 atom stereocenters. The molecule has 0 saturated carbocycles. The highest BCUT2D eigenvalue weighted by Crippen LogP contribution is 2.23. The standard InChI is InChI=1S/C18H24N4O/c1-5-6-10-22(4)18(23)15-11-16(20-12-19-15)21-17-13(2)8-7-9-14(17)3/h7-9,11-12H,5-6,10H2,1-4H3,(H,19,20,21). The number of anilines is 2. The number of carbonyl (C=O) groups is 1. The van der Waals surface area contributed by atoms with E-state index in [1.54, 1.807) is 18.0 Å². The summed E-state index contributed by atoms with van der Waals surface area (Å²) in [4.78, 5) is 22.4. The Morgan fingerprint density at radius 3 is 2.57 bits per heavy atom. The molecule has 23 heavy (non-hydrogen) atoms. The van der Waals surface area contributed by atoms with Crippen molar-refractivity contribution >= 4 is 17.4 Å². The highest BCUT2D eigenvalue weighted by molar-refractivity contribution is 5.92. The minimum absolute atomic E-state index is 0.0783. The number of hydrogen-bond donors (Lipinski definition) is 1. The summed E-state index contributed by atoms with van der Waals surface area (Å²) < 4.78 is 0. The second-order valence-electron chi connectivity index (χ2n) is 5.76. The van der Waals surface area contributed by atoms with Gasteiger partial charge in [-0.2, -0.15) is 0 Å². The predicted octanol–water partition coefficient (Wildman–Crippen LogP) is 3.71. The Bertz CT molecular complexity index is 664. The molecule has 1 amide bonds. The highest BCUT2D eigenvalue weighted by atomic mass is 16.2. The van der Waals surface area contributed by atoms with E-state index in [0.717, 1.165) is 36.2 Å². The van der Waals surface area contributed by atoms with E-state index >= 15 is 0 Å². The molecule has 0 aliphatic carbocycles. The molecule has 0 aliphatic heterocycles. The van der Waals surface area contributed by atoms with Crippen molar-refractivity contribution in [2.75, 3.05) is 18.9 Å². The molecule has 1 aromatic heterocycles.